The van der Waals surface area contributed by atoms with E-state index < -0.39 is 0 Å². The van der Waals surface area contributed by atoms with E-state index in [4.69, 9.17) is 0 Å². The molecule has 0 saturated heterocycles. The number of ketones is 1. The highest BCUT2D eigenvalue weighted by atomic mass is 32.1. The number of aryl methyl sites for hydroxylation is 1. The maximum absolute atomic E-state index is 11.9. The van der Waals surface area contributed by atoms with Gasteiger partial charge in [-0.3, -0.25) is 9.78 Å². The van der Waals surface area contributed by atoms with Crippen molar-refractivity contribution < 1.29 is 4.79 Å². The second-order valence-corrected chi connectivity index (χ2v) is 4.20. The Hall–Kier alpha value is -1.48. The van der Waals surface area contributed by atoms with Crippen LogP contribution >= 0.6 is 11.3 Å². The van der Waals surface area contributed by atoms with Crippen LogP contribution in [-0.4, -0.2) is 10.8 Å². The van der Waals surface area contributed by atoms with Gasteiger partial charge in [-0.1, -0.05) is 0 Å². The summed E-state index contributed by atoms with van der Waals surface area (Å²) in [6.07, 6.45) is 3.86. The molecule has 0 saturated carbocycles. The van der Waals surface area contributed by atoms with E-state index in [1.54, 1.807) is 29.8 Å². The number of Topliss-reactive ketones (excluding diaryl/α,β-unsaturated/α-hetero) is 1. The van der Waals surface area contributed by atoms with Crippen LogP contribution in [-0.2, 0) is 6.42 Å². The number of carbonyl (C=O) groups excluding carboxylic acids is 1. The van der Waals surface area contributed by atoms with Crippen molar-refractivity contribution in [3.8, 4) is 0 Å². The monoisotopic (exact) mass is 217 g/mol. The molecule has 0 bridgehead atoms. The van der Waals surface area contributed by atoms with Gasteiger partial charge in [-0.2, -0.15) is 11.3 Å². The Labute approximate surface area is 92.6 Å². The Balaban J connectivity index is 2.19. The van der Waals surface area contributed by atoms with Gasteiger partial charge in [0.2, 0.25) is 0 Å². The molecule has 0 aliphatic heterocycles. The van der Waals surface area contributed by atoms with Gasteiger partial charge in [-0.15, -0.1) is 0 Å². The third kappa shape index (κ3) is 2.30. The van der Waals surface area contributed by atoms with Crippen LogP contribution in [0, 0.1) is 6.92 Å². The summed E-state index contributed by atoms with van der Waals surface area (Å²) in [6.45, 7) is 1.91. The molecule has 76 valence electrons. The van der Waals surface area contributed by atoms with Crippen LogP contribution in [0.3, 0.4) is 0 Å². The molecule has 0 radical (unpaired) electrons. The number of nitrogens with zero attached hydrogens (tertiary/aromatic N) is 1. The van der Waals surface area contributed by atoms with Crippen molar-refractivity contribution in [3.05, 3.63) is 52.0 Å². The molecule has 0 spiro atoms. The number of carbonyl (C=O) groups is 1. The fraction of sp³-hybridized carbons (Fsp3) is 0.167. The number of thiophene rings is 1. The van der Waals surface area contributed by atoms with Crippen molar-refractivity contribution in [3.63, 3.8) is 0 Å². The minimum atomic E-state index is 0.160. The first-order valence-corrected chi connectivity index (χ1v) is 5.66. The van der Waals surface area contributed by atoms with Crippen LogP contribution in [0.1, 0.15) is 21.5 Å². The molecule has 2 nitrogen and oxygen atoms in total. The maximum atomic E-state index is 11.9. The van der Waals surface area contributed by atoms with Crippen LogP contribution in [0.5, 0.6) is 0 Å². The van der Waals surface area contributed by atoms with Crippen LogP contribution in [0.15, 0.2) is 35.3 Å². The zero-order chi connectivity index (χ0) is 10.7. The molecule has 0 amide bonds. The summed E-state index contributed by atoms with van der Waals surface area (Å²) < 4.78 is 0. The van der Waals surface area contributed by atoms with Gasteiger partial charge in [0.25, 0.3) is 0 Å². The first-order chi connectivity index (χ1) is 7.27. The fourth-order valence-corrected chi connectivity index (χ4v) is 2.13. The molecular formula is C12H11NOS. The zero-order valence-electron chi connectivity index (χ0n) is 8.43. The molecule has 2 aromatic heterocycles. The second-order valence-electron chi connectivity index (χ2n) is 3.42. The van der Waals surface area contributed by atoms with Gasteiger partial charge in [-0.05, 0) is 40.9 Å². The van der Waals surface area contributed by atoms with Crippen molar-refractivity contribution in [1.82, 2.24) is 4.98 Å². The van der Waals surface area contributed by atoms with E-state index in [1.807, 2.05) is 23.8 Å². The van der Waals surface area contributed by atoms with Crippen LogP contribution in [0.4, 0.5) is 0 Å². The molecule has 3 heteroatoms. The molecule has 0 aliphatic rings. The summed E-state index contributed by atoms with van der Waals surface area (Å²) in [5.41, 5.74) is 2.80. The van der Waals surface area contributed by atoms with Crippen molar-refractivity contribution >= 4 is 17.1 Å². The van der Waals surface area contributed by atoms with E-state index in [1.165, 1.54) is 0 Å². The number of pyridine rings is 1. The number of hydrogen-bond acceptors (Lipinski definition) is 3. The average Bonchev–Trinajstić information content (AvgIpc) is 2.71. The van der Waals surface area contributed by atoms with E-state index in [0.29, 0.717) is 6.42 Å². The minimum Gasteiger partial charge on any atom is -0.294 e. The first kappa shape index (κ1) is 10.1. The molecule has 0 N–H and O–H groups in total. The number of hydrogen-bond donors (Lipinski definition) is 0. The molecule has 0 atom stereocenters. The Kier molecular flexibility index (Phi) is 2.92. The van der Waals surface area contributed by atoms with Crippen molar-refractivity contribution in [2.45, 2.75) is 13.3 Å². The van der Waals surface area contributed by atoms with E-state index in [2.05, 4.69) is 4.98 Å². The highest BCUT2D eigenvalue weighted by Crippen LogP contribution is 2.12. The van der Waals surface area contributed by atoms with Crippen LogP contribution < -0.4 is 0 Å². The summed E-state index contributed by atoms with van der Waals surface area (Å²) in [6, 6.07) is 3.77. The van der Waals surface area contributed by atoms with Gasteiger partial charge in [0, 0.05) is 24.4 Å². The predicted molar refractivity (Wildman–Crippen MR) is 61.3 cm³/mol. The Morgan fingerprint density at radius 1 is 1.47 bits per heavy atom. The van der Waals surface area contributed by atoms with Gasteiger partial charge in [-0.25, -0.2) is 0 Å². The van der Waals surface area contributed by atoms with E-state index in [0.717, 1.165) is 16.7 Å². The van der Waals surface area contributed by atoms with Gasteiger partial charge in [0.15, 0.2) is 5.78 Å². The molecule has 2 heterocycles. The van der Waals surface area contributed by atoms with Gasteiger partial charge in [0.05, 0.1) is 0 Å². The van der Waals surface area contributed by atoms with E-state index >= 15 is 0 Å². The standard InChI is InChI=1S/C12H11NOS/c1-9-7-13-4-2-11(9)12(14)6-10-3-5-15-8-10/h2-5,7-8H,6H2,1H3. The van der Waals surface area contributed by atoms with Crippen LogP contribution in [0.25, 0.3) is 0 Å². The largest absolute Gasteiger partial charge is 0.294 e. The van der Waals surface area contributed by atoms with Gasteiger partial charge < -0.3 is 0 Å². The molecule has 2 aromatic rings. The zero-order valence-corrected chi connectivity index (χ0v) is 9.25. The first-order valence-electron chi connectivity index (χ1n) is 4.72. The third-order valence-electron chi connectivity index (χ3n) is 2.27. The lowest BCUT2D eigenvalue weighted by atomic mass is 10.0. The van der Waals surface area contributed by atoms with Gasteiger partial charge >= 0.3 is 0 Å². The quantitative estimate of drug-likeness (QED) is 0.740. The molecule has 0 unspecified atom stereocenters. The summed E-state index contributed by atoms with van der Waals surface area (Å²) in [7, 11) is 0. The average molecular weight is 217 g/mol. The highest BCUT2D eigenvalue weighted by molar-refractivity contribution is 7.08. The highest BCUT2D eigenvalue weighted by Gasteiger charge is 2.09. The lowest BCUT2D eigenvalue weighted by Gasteiger charge is -2.02. The summed E-state index contributed by atoms with van der Waals surface area (Å²) >= 11 is 1.62. The number of aromatic nitrogens is 1. The van der Waals surface area contributed by atoms with Crippen molar-refractivity contribution in [2.75, 3.05) is 0 Å². The summed E-state index contributed by atoms with van der Waals surface area (Å²) in [4.78, 5) is 15.9. The normalized spacial score (nSPS) is 10.2. The van der Waals surface area contributed by atoms with Crippen LogP contribution in [0.2, 0.25) is 0 Å². The lowest BCUT2D eigenvalue weighted by molar-refractivity contribution is 0.0992. The summed E-state index contributed by atoms with van der Waals surface area (Å²) in [5, 5.41) is 4.00. The smallest absolute Gasteiger partial charge is 0.167 e. The van der Waals surface area contributed by atoms with E-state index in [9.17, 15) is 4.79 Å². The Morgan fingerprint density at radius 3 is 3.00 bits per heavy atom. The Bertz CT molecular complexity index is 462. The predicted octanol–water partition coefficient (Wildman–Crippen LogP) is 2.88. The molecule has 15 heavy (non-hydrogen) atoms. The third-order valence-corrected chi connectivity index (χ3v) is 3.00. The summed E-state index contributed by atoms with van der Waals surface area (Å²) in [5.74, 6) is 0.160. The number of rotatable bonds is 3. The van der Waals surface area contributed by atoms with Crippen molar-refractivity contribution in [1.29, 1.82) is 0 Å². The minimum absolute atomic E-state index is 0.160. The second kappa shape index (κ2) is 4.36. The fourth-order valence-electron chi connectivity index (χ4n) is 1.46. The van der Waals surface area contributed by atoms with E-state index in [-0.39, 0.29) is 5.78 Å². The molecule has 0 fully saturated rings. The SMILES string of the molecule is Cc1cnccc1C(=O)Cc1ccsc1. The lowest BCUT2D eigenvalue weighted by Crippen LogP contribution is -2.05. The van der Waals surface area contributed by atoms with Crippen molar-refractivity contribution in [2.24, 2.45) is 0 Å². The molecular weight excluding hydrogens is 206 g/mol. The Morgan fingerprint density at radius 2 is 2.33 bits per heavy atom. The molecule has 2 rings (SSSR count). The molecule has 0 aliphatic carbocycles. The maximum Gasteiger partial charge on any atom is 0.167 e. The molecule has 0 aromatic carbocycles. The topological polar surface area (TPSA) is 30.0 Å². The van der Waals surface area contributed by atoms with Gasteiger partial charge in [0.1, 0.15) is 0 Å².